The molecule has 0 saturated carbocycles. The Morgan fingerprint density at radius 1 is 1.10 bits per heavy atom. The number of likely N-dealkylation sites (N-methyl/N-ethyl adjacent to an activating group) is 1. The molecule has 1 atom stereocenters. The molecule has 0 heterocycles. The molecular weight excluding hydrogens is 296 g/mol. The maximum atomic E-state index is 13.0. The van der Waals surface area contributed by atoms with E-state index in [1.54, 1.807) is 18.2 Å². The van der Waals surface area contributed by atoms with Crippen LogP contribution < -0.4 is 5.32 Å². The lowest BCUT2D eigenvalue weighted by Crippen LogP contribution is -2.23. The first-order chi connectivity index (χ1) is 9.61. The summed E-state index contributed by atoms with van der Waals surface area (Å²) in [6.07, 6.45) is 0.730. The molecule has 0 aliphatic heterocycles. The van der Waals surface area contributed by atoms with Crippen LogP contribution in [0.15, 0.2) is 42.5 Å². The SMILES string of the molecule is CCNC(Cc1ccc(F)cc1)c1cccc(Cl)c1Cl. The van der Waals surface area contributed by atoms with Crippen molar-refractivity contribution in [3.63, 3.8) is 0 Å². The molecule has 0 bridgehead atoms. The van der Waals surface area contributed by atoms with Crippen LogP contribution in [0.4, 0.5) is 4.39 Å². The fraction of sp³-hybridized carbons (Fsp3) is 0.250. The van der Waals surface area contributed by atoms with Gasteiger partial charge in [-0.25, -0.2) is 4.39 Å². The third-order valence-corrected chi connectivity index (χ3v) is 3.99. The van der Waals surface area contributed by atoms with Crippen LogP contribution in [0.2, 0.25) is 10.0 Å². The van der Waals surface area contributed by atoms with Gasteiger partial charge in [0.15, 0.2) is 0 Å². The Morgan fingerprint density at radius 2 is 1.80 bits per heavy atom. The van der Waals surface area contributed by atoms with Gasteiger partial charge in [0.05, 0.1) is 10.0 Å². The predicted octanol–water partition coefficient (Wildman–Crippen LogP) is 5.03. The zero-order valence-electron chi connectivity index (χ0n) is 11.2. The van der Waals surface area contributed by atoms with E-state index in [1.807, 2.05) is 19.1 Å². The first kappa shape index (κ1) is 15.3. The van der Waals surface area contributed by atoms with Gasteiger partial charge in [-0.2, -0.15) is 0 Å². The van der Waals surface area contributed by atoms with Gasteiger partial charge in [0.1, 0.15) is 5.82 Å². The molecule has 2 rings (SSSR count). The van der Waals surface area contributed by atoms with Crippen LogP contribution in [0.25, 0.3) is 0 Å². The fourth-order valence-electron chi connectivity index (χ4n) is 2.18. The van der Waals surface area contributed by atoms with Crippen LogP contribution in [-0.4, -0.2) is 6.54 Å². The van der Waals surface area contributed by atoms with E-state index in [9.17, 15) is 4.39 Å². The second-order valence-electron chi connectivity index (χ2n) is 4.58. The maximum absolute atomic E-state index is 13.0. The Morgan fingerprint density at radius 3 is 2.45 bits per heavy atom. The lowest BCUT2D eigenvalue weighted by Gasteiger charge is -2.20. The molecule has 20 heavy (non-hydrogen) atoms. The Labute approximate surface area is 128 Å². The molecule has 1 unspecified atom stereocenters. The average molecular weight is 312 g/mol. The highest BCUT2D eigenvalue weighted by atomic mass is 35.5. The topological polar surface area (TPSA) is 12.0 Å². The largest absolute Gasteiger partial charge is 0.310 e. The second kappa shape index (κ2) is 7.07. The van der Waals surface area contributed by atoms with Crippen LogP contribution in [0.1, 0.15) is 24.1 Å². The molecule has 0 radical (unpaired) electrons. The van der Waals surface area contributed by atoms with Crippen LogP contribution in [0.5, 0.6) is 0 Å². The summed E-state index contributed by atoms with van der Waals surface area (Å²) >= 11 is 12.4. The number of hydrogen-bond donors (Lipinski definition) is 1. The van der Waals surface area contributed by atoms with Gasteiger partial charge in [-0.15, -0.1) is 0 Å². The van der Waals surface area contributed by atoms with E-state index >= 15 is 0 Å². The molecule has 1 nitrogen and oxygen atoms in total. The minimum absolute atomic E-state index is 0.0525. The number of hydrogen-bond acceptors (Lipinski definition) is 1. The summed E-state index contributed by atoms with van der Waals surface area (Å²) < 4.78 is 13.0. The summed E-state index contributed by atoms with van der Waals surface area (Å²) in [7, 11) is 0. The standard InChI is InChI=1S/C16H16Cl2FN/c1-2-20-15(10-11-6-8-12(19)9-7-11)13-4-3-5-14(17)16(13)18/h3-9,15,20H,2,10H2,1H3. The van der Waals surface area contributed by atoms with E-state index in [1.165, 1.54) is 12.1 Å². The highest BCUT2D eigenvalue weighted by Crippen LogP contribution is 2.31. The molecule has 4 heteroatoms. The quantitative estimate of drug-likeness (QED) is 0.817. The molecule has 0 aliphatic rings. The third-order valence-electron chi connectivity index (χ3n) is 3.16. The van der Waals surface area contributed by atoms with Crippen molar-refractivity contribution >= 4 is 23.2 Å². The second-order valence-corrected chi connectivity index (χ2v) is 5.37. The van der Waals surface area contributed by atoms with Crippen LogP contribution in [-0.2, 0) is 6.42 Å². The van der Waals surface area contributed by atoms with Crippen molar-refractivity contribution in [2.75, 3.05) is 6.54 Å². The highest BCUT2D eigenvalue weighted by molar-refractivity contribution is 6.42. The summed E-state index contributed by atoms with van der Waals surface area (Å²) in [5.74, 6) is -0.227. The van der Waals surface area contributed by atoms with Crippen LogP contribution >= 0.6 is 23.2 Å². The first-order valence-corrected chi connectivity index (χ1v) is 7.29. The summed E-state index contributed by atoms with van der Waals surface area (Å²) in [4.78, 5) is 0. The number of halogens is 3. The van der Waals surface area contributed by atoms with E-state index in [-0.39, 0.29) is 11.9 Å². The molecule has 2 aromatic carbocycles. The van der Waals surface area contributed by atoms with E-state index in [0.29, 0.717) is 10.0 Å². The van der Waals surface area contributed by atoms with E-state index in [2.05, 4.69) is 5.32 Å². The monoisotopic (exact) mass is 311 g/mol. The van der Waals surface area contributed by atoms with Gasteiger partial charge in [0.2, 0.25) is 0 Å². The molecule has 0 amide bonds. The van der Waals surface area contributed by atoms with Gasteiger partial charge < -0.3 is 5.32 Å². The third kappa shape index (κ3) is 3.72. The minimum atomic E-state index is -0.227. The Balaban J connectivity index is 2.26. The molecule has 106 valence electrons. The van der Waals surface area contributed by atoms with Crippen LogP contribution in [0, 0.1) is 5.82 Å². The molecular formula is C16H16Cl2FN. The van der Waals surface area contributed by atoms with Crippen molar-refractivity contribution in [3.8, 4) is 0 Å². The molecule has 1 N–H and O–H groups in total. The van der Waals surface area contributed by atoms with Gasteiger partial charge in [0.25, 0.3) is 0 Å². The van der Waals surface area contributed by atoms with Gasteiger partial charge in [-0.05, 0) is 42.3 Å². The van der Waals surface area contributed by atoms with Crippen LogP contribution in [0.3, 0.4) is 0 Å². The molecule has 0 fully saturated rings. The zero-order valence-corrected chi connectivity index (χ0v) is 12.7. The van der Waals surface area contributed by atoms with E-state index in [4.69, 9.17) is 23.2 Å². The fourth-order valence-corrected chi connectivity index (χ4v) is 2.62. The van der Waals surface area contributed by atoms with E-state index in [0.717, 1.165) is 24.1 Å². The summed E-state index contributed by atoms with van der Waals surface area (Å²) in [6, 6.07) is 12.2. The number of rotatable bonds is 5. The number of benzene rings is 2. The number of nitrogens with one attached hydrogen (secondary N) is 1. The summed E-state index contributed by atoms with van der Waals surface area (Å²) in [6.45, 7) is 2.85. The maximum Gasteiger partial charge on any atom is 0.123 e. The first-order valence-electron chi connectivity index (χ1n) is 6.53. The van der Waals surface area contributed by atoms with Gasteiger partial charge >= 0.3 is 0 Å². The van der Waals surface area contributed by atoms with Crippen molar-refractivity contribution in [2.24, 2.45) is 0 Å². The lowest BCUT2D eigenvalue weighted by atomic mass is 9.98. The van der Waals surface area contributed by atoms with Crippen molar-refractivity contribution in [1.82, 2.24) is 5.32 Å². The average Bonchev–Trinajstić information content (AvgIpc) is 2.44. The minimum Gasteiger partial charge on any atom is -0.310 e. The summed E-state index contributed by atoms with van der Waals surface area (Å²) in [5.41, 5.74) is 2.01. The predicted molar refractivity (Wildman–Crippen MR) is 83.0 cm³/mol. The molecule has 2 aromatic rings. The molecule has 0 aromatic heterocycles. The molecule has 0 spiro atoms. The zero-order chi connectivity index (χ0) is 14.5. The van der Waals surface area contributed by atoms with Crippen molar-refractivity contribution in [1.29, 1.82) is 0 Å². The smallest absolute Gasteiger partial charge is 0.123 e. The normalized spacial score (nSPS) is 12.4. The molecule has 0 aliphatic carbocycles. The van der Waals surface area contributed by atoms with Crippen molar-refractivity contribution in [3.05, 3.63) is 69.5 Å². The molecule has 0 saturated heterocycles. The Bertz CT molecular complexity index is 569. The van der Waals surface area contributed by atoms with E-state index < -0.39 is 0 Å². The highest BCUT2D eigenvalue weighted by Gasteiger charge is 2.16. The Kier molecular flexibility index (Phi) is 5.41. The van der Waals surface area contributed by atoms with Gasteiger partial charge in [-0.1, -0.05) is 54.4 Å². The van der Waals surface area contributed by atoms with Crippen molar-refractivity contribution in [2.45, 2.75) is 19.4 Å². The summed E-state index contributed by atoms with van der Waals surface area (Å²) in [5, 5.41) is 4.51. The van der Waals surface area contributed by atoms with Gasteiger partial charge in [-0.3, -0.25) is 0 Å². The lowest BCUT2D eigenvalue weighted by molar-refractivity contribution is 0.549. The van der Waals surface area contributed by atoms with Crippen molar-refractivity contribution < 1.29 is 4.39 Å². The van der Waals surface area contributed by atoms with Gasteiger partial charge in [0, 0.05) is 6.04 Å². The Hall–Kier alpha value is -1.09.